The molecule has 0 unspecified atom stereocenters. The molecular weight excluding hydrogens is 376 g/mol. The first kappa shape index (κ1) is 17.6. The molecule has 5 aliphatic rings. The second kappa shape index (κ2) is 6.66. The minimum Gasteiger partial charge on any atom is -0.488 e. The molecule has 5 heteroatoms. The average molecular weight is 398 g/mol. The summed E-state index contributed by atoms with van der Waals surface area (Å²) in [5.41, 5.74) is 1.81. The van der Waals surface area contributed by atoms with Crippen LogP contribution in [0.5, 0.6) is 5.75 Å². The van der Waals surface area contributed by atoms with E-state index >= 15 is 0 Å². The van der Waals surface area contributed by atoms with Gasteiger partial charge in [-0.2, -0.15) is 10.1 Å². The van der Waals surface area contributed by atoms with Gasteiger partial charge in [-0.15, -0.1) is 0 Å². The number of hydrogen-bond acceptors (Lipinski definition) is 4. The lowest BCUT2D eigenvalue weighted by Gasteiger charge is -2.37. The zero-order valence-electron chi connectivity index (χ0n) is 16.4. The Hall–Kier alpha value is -3.21. The van der Waals surface area contributed by atoms with Crippen molar-refractivity contribution in [3.05, 3.63) is 77.9 Å². The van der Waals surface area contributed by atoms with Crippen LogP contribution in [0.4, 0.5) is 0 Å². The average Bonchev–Trinajstić information content (AvgIpc) is 3.57. The summed E-state index contributed by atoms with van der Waals surface area (Å²) in [6.07, 6.45) is 7.07. The highest BCUT2D eigenvalue weighted by molar-refractivity contribution is 6.06. The van der Waals surface area contributed by atoms with Crippen molar-refractivity contribution in [2.45, 2.75) is 13.0 Å². The van der Waals surface area contributed by atoms with Crippen LogP contribution in [0.3, 0.4) is 0 Å². The normalized spacial score (nSPS) is 33.1. The van der Waals surface area contributed by atoms with E-state index in [1.807, 2.05) is 54.6 Å². The van der Waals surface area contributed by atoms with Gasteiger partial charge in [0, 0.05) is 5.56 Å². The predicted molar refractivity (Wildman–Crippen MR) is 111 cm³/mol. The van der Waals surface area contributed by atoms with Crippen molar-refractivity contribution in [2.24, 2.45) is 40.6 Å². The van der Waals surface area contributed by atoms with Crippen LogP contribution in [0, 0.1) is 35.5 Å². The first-order valence-electron chi connectivity index (χ1n) is 10.6. The monoisotopic (exact) mass is 398 g/mol. The predicted octanol–water partition coefficient (Wildman–Crippen LogP) is 3.65. The van der Waals surface area contributed by atoms with Crippen molar-refractivity contribution in [3.8, 4) is 5.75 Å². The summed E-state index contributed by atoms with van der Waals surface area (Å²) in [6, 6.07) is 17.5. The minimum absolute atomic E-state index is 0.145. The van der Waals surface area contributed by atoms with Crippen molar-refractivity contribution in [2.75, 3.05) is 0 Å². The van der Waals surface area contributed by atoms with Crippen LogP contribution in [0.25, 0.3) is 0 Å². The third-order valence-corrected chi connectivity index (χ3v) is 7.11. The number of amides is 2. The molecule has 0 N–H and O–H groups in total. The maximum absolute atomic E-state index is 13.0. The molecule has 6 atom stereocenters. The van der Waals surface area contributed by atoms with Crippen LogP contribution < -0.4 is 4.74 Å². The van der Waals surface area contributed by atoms with Gasteiger partial charge >= 0.3 is 0 Å². The number of carbonyl (C=O) groups is 2. The van der Waals surface area contributed by atoms with E-state index in [9.17, 15) is 9.59 Å². The van der Waals surface area contributed by atoms with Crippen molar-refractivity contribution < 1.29 is 14.3 Å². The van der Waals surface area contributed by atoms with Crippen LogP contribution in [0.15, 0.2) is 71.9 Å². The standard InChI is InChI=1S/C25H22N2O3/c28-24-22-17-10-11-18(20-12-19(17)20)23(22)25(29)27(24)26-13-16-8-4-5-9-21(16)30-14-15-6-2-1-3-7-15/h1-11,13,17-20,22-23H,12,14H2/b26-13-/t17-,18-,19-,20+,22+,23+/m0/s1. The minimum atomic E-state index is -0.224. The summed E-state index contributed by atoms with van der Waals surface area (Å²) in [5.74, 6) is 1.54. The molecule has 5 nitrogen and oxygen atoms in total. The second-order valence-corrected chi connectivity index (χ2v) is 8.70. The van der Waals surface area contributed by atoms with Gasteiger partial charge in [0.25, 0.3) is 11.8 Å². The number of ether oxygens (including phenoxy) is 1. The molecule has 2 bridgehead atoms. The third kappa shape index (κ3) is 2.65. The summed E-state index contributed by atoms with van der Waals surface area (Å²) in [4.78, 5) is 26.1. The lowest BCUT2D eigenvalue weighted by Crippen LogP contribution is -2.40. The Morgan fingerprint density at radius 1 is 0.900 bits per heavy atom. The highest BCUT2D eigenvalue weighted by Crippen LogP contribution is 2.65. The fourth-order valence-electron chi connectivity index (χ4n) is 5.63. The highest BCUT2D eigenvalue weighted by atomic mass is 16.5. The number of rotatable bonds is 5. The molecule has 0 aromatic heterocycles. The third-order valence-electron chi connectivity index (χ3n) is 7.11. The molecular formula is C25H22N2O3. The van der Waals surface area contributed by atoms with Gasteiger partial charge in [-0.25, -0.2) is 0 Å². The fourth-order valence-corrected chi connectivity index (χ4v) is 5.63. The molecule has 1 aliphatic heterocycles. The molecule has 30 heavy (non-hydrogen) atoms. The van der Waals surface area contributed by atoms with Crippen LogP contribution in [0.1, 0.15) is 17.5 Å². The molecule has 1 saturated heterocycles. The van der Waals surface area contributed by atoms with Gasteiger partial charge in [0.2, 0.25) is 0 Å². The number of hydrogen-bond donors (Lipinski definition) is 0. The molecule has 2 aromatic carbocycles. The lowest BCUT2D eigenvalue weighted by molar-refractivity contribution is -0.140. The SMILES string of the molecule is O=C1[C@@H]2[C@H]3C=C[C@@H]([C@@H]4C[C@H]34)[C@H]2C(=O)N1/N=C\c1ccccc1OCc1ccccc1. The van der Waals surface area contributed by atoms with Gasteiger partial charge < -0.3 is 4.74 Å². The summed E-state index contributed by atoms with van der Waals surface area (Å²) in [6.45, 7) is 0.440. The zero-order chi connectivity index (χ0) is 20.2. The molecule has 150 valence electrons. The van der Waals surface area contributed by atoms with Crippen molar-refractivity contribution in [3.63, 3.8) is 0 Å². The Bertz CT molecular complexity index is 1040. The van der Waals surface area contributed by atoms with E-state index in [4.69, 9.17) is 4.74 Å². The summed E-state index contributed by atoms with van der Waals surface area (Å²) in [7, 11) is 0. The van der Waals surface area contributed by atoms with E-state index < -0.39 is 0 Å². The highest BCUT2D eigenvalue weighted by Gasteiger charge is 2.67. The zero-order valence-corrected chi connectivity index (χ0v) is 16.4. The van der Waals surface area contributed by atoms with Crippen molar-refractivity contribution >= 4 is 18.0 Å². The summed E-state index contributed by atoms with van der Waals surface area (Å²) >= 11 is 0. The van der Waals surface area contributed by atoms with Crippen molar-refractivity contribution in [1.29, 1.82) is 0 Å². The quantitative estimate of drug-likeness (QED) is 0.439. The maximum atomic E-state index is 13.0. The smallest absolute Gasteiger partial charge is 0.254 e. The van der Waals surface area contributed by atoms with E-state index in [0.29, 0.717) is 24.2 Å². The molecule has 2 aromatic rings. The van der Waals surface area contributed by atoms with Crippen LogP contribution in [-0.2, 0) is 16.2 Å². The Labute approximate surface area is 175 Å². The van der Waals surface area contributed by atoms with Crippen LogP contribution in [-0.4, -0.2) is 23.0 Å². The van der Waals surface area contributed by atoms with Gasteiger partial charge in [-0.05, 0) is 47.8 Å². The van der Waals surface area contributed by atoms with Gasteiger partial charge in [-0.1, -0.05) is 54.6 Å². The summed E-state index contributed by atoms with van der Waals surface area (Å²) < 4.78 is 5.96. The van der Waals surface area contributed by atoms with Gasteiger partial charge in [-0.3, -0.25) is 9.59 Å². The van der Waals surface area contributed by atoms with Gasteiger partial charge in [0.1, 0.15) is 12.4 Å². The number of allylic oxidation sites excluding steroid dienone is 2. The van der Waals surface area contributed by atoms with Gasteiger partial charge in [0.05, 0.1) is 18.1 Å². The number of imide groups is 1. The maximum Gasteiger partial charge on any atom is 0.254 e. The first-order valence-corrected chi connectivity index (χ1v) is 10.6. The number of hydrazone groups is 1. The van der Waals surface area contributed by atoms with E-state index in [1.54, 1.807) is 6.21 Å². The Morgan fingerprint density at radius 3 is 2.23 bits per heavy atom. The van der Waals surface area contributed by atoms with Crippen molar-refractivity contribution in [1.82, 2.24) is 5.01 Å². The van der Waals surface area contributed by atoms with E-state index in [2.05, 4.69) is 17.3 Å². The molecule has 4 aliphatic carbocycles. The topological polar surface area (TPSA) is 59.0 Å². The molecule has 0 radical (unpaired) electrons. The van der Waals surface area contributed by atoms with E-state index in [1.165, 1.54) is 0 Å². The molecule has 3 fully saturated rings. The Kier molecular flexibility index (Phi) is 3.91. The number of carbonyl (C=O) groups excluding carboxylic acids is 2. The van der Waals surface area contributed by atoms with Crippen LogP contribution in [0.2, 0.25) is 0 Å². The molecule has 2 amide bonds. The number of nitrogens with zero attached hydrogens (tertiary/aromatic N) is 2. The lowest BCUT2D eigenvalue weighted by atomic mass is 9.63. The second-order valence-electron chi connectivity index (χ2n) is 8.70. The Morgan fingerprint density at radius 2 is 1.53 bits per heavy atom. The fraction of sp³-hybridized carbons (Fsp3) is 0.320. The molecule has 2 saturated carbocycles. The van der Waals surface area contributed by atoms with E-state index in [-0.39, 0.29) is 35.5 Å². The molecule has 7 rings (SSSR count). The first-order chi connectivity index (χ1) is 14.7. The van der Waals surface area contributed by atoms with E-state index in [0.717, 1.165) is 22.6 Å². The summed E-state index contributed by atoms with van der Waals surface area (Å²) in [5, 5.41) is 5.45. The molecule has 1 heterocycles. The van der Waals surface area contributed by atoms with Gasteiger partial charge in [0.15, 0.2) is 0 Å². The largest absolute Gasteiger partial charge is 0.488 e. The van der Waals surface area contributed by atoms with Crippen LogP contribution >= 0.6 is 0 Å². The Balaban J connectivity index is 1.22. The number of para-hydroxylation sites is 1. The molecule has 0 spiro atoms. The number of benzene rings is 2.